The Balaban J connectivity index is 2.30. The fraction of sp³-hybridized carbons (Fsp3) is 0.353. The van der Waals surface area contributed by atoms with Gasteiger partial charge < -0.3 is 10.4 Å². The number of nitrogens with one attached hydrogen (secondary N) is 1. The molecular weight excluding hydrogens is 332 g/mol. The molecule has 0 bridgehead atoms. The number of rotatable bonds is 6. The first-order valence-corrected chi connectivity index (χ1v) is 7.75. The molecule has 1 heterocycles. The number of hydrogen-bond donors (Lipinski definition) is 2. The molecule has 0 aliphatic rings. The number of carboxylic acids is 1. The zero-order chi connectivity index (χ0) is 18.7. The van der Waals surface area contributed by atoms with Crippen LogP contribution in [0.1, 0.15) is 36.3 Å². The highest BCUT2D eigenvalue weighted by Crippen LogP contribution is 2.19. The van der Waals surface area contributed by atoms with Crippen molar-refractivity contribution in [1.82, 2.24) is 15.1 Å². The number of hydrogen-bond acceptors (Lipinski definition) is 3. The van der Waals surface area contributed by atoms with Crippen molar-refractivity contribution in [2.75, 3.05) is 0 Å². The molecular formula is C17H19F2N3O3. The minimum Gasteiger partial charge on any atom is -0.480 e. The molecule has 25 heavy (non-hydrogen) atoms. The monoisotopic (exact) mass is 351 g/mol. The summed E-state index contributed by atoms with van der Waals surface area (Å²) in [7, 11) is 0. The number of nitrogens with zero attached hydrogens (tertiary/aromatic N) is 2. The van der Waals surface area contributed by atoms with Crippen LogP contribution in [0, 0.1) is 24.5 Å². The Hall–Kier alpha value is -2.77. The van der Waals surface area contributed by atoms with Crippen molar-refractivity contribution in [2.24, 2.45) is 5.92 Å². The molecule has 0 radical (unpaired) electrons. The number of aromatic nitrogens is 2. The summed E-state index contributed by atoms with van der Waals surface area (Å²) >= 11 is 0. The van der Waals surface area contributed by atoms with Crippen LogP contribution in [-0.2, 0) is 4.79 Å². The lowest BCUT2D eigenvalue weighted by molar-refractivity contribution is -0.139. The molecule has 0 unspecified atom stereocenters. The number of carboxylic acid groups (broad SMARTS) is 1. The first-order valence-electron chi connectivity index (χ1n) is 7.75. The van der Waals surface area contributed by atoms with Crippen LogP contribution in [0.4, 0.5) is 8.78 Å². The summed E-state index contributed by atoms with van der Waals surface area (Å²) < 4.78 is 28.7. The van der Waals surface area contributed by atoms with E-state index in [2.05, 4.69) is 10.4 Å². The summed E-state index contributed by atoms with van der Waals surface area (Å²) in [6.07, 6.45) is 1.57. The molecule has 2 aromatic rings. The van der Waals surface area contributed by atoms with Crippen molar-refractivity contribution in [3.05, 3.63) is 47.3 Å². The van der Waals surface area contributed by atoms with Crippen LogP contribution in [0.5, 0.6) is 0 Å². The minimum atomic E-state index is -1.15. The maximum absolute atomic E-state index is 13.9. The Bertz CT molecular complexity index is 782. The molecule has 2 rings (SSSR count). The van der Waals surface area contributed by atoms with Crippen LogP contribution in [-0.4, -0.2) is 32.8 Å². The summed E-state index contributed by atoms with van der Waals surface area (Å²) in [6, 6.07) is 2.32. The molecule has 8 heteroatoms. The zero-order valence-corrected chi connectivity index (χ0v) is 14.1. The summed E-state index contributed by atoms with van der Waals surface area (Å²) in [4.78, 5) is 23.6. The van der Waals surface area contributed by atoms with Crippen molar-refractivity contribution < 1.29 is 23.5 Å². The molecule has 0 fully saturated rings. The van der Waals surface area contributed by atoms with Crippen LogP contribution < -0.4 is 5.32 Å². The molecule has 1 amide bonds. The maximum Gasteiger partial charge on any atom is 0.326 e. The van der Waals surface area contributed by atoms with Gasteiger partial charge in [0.2, 0.25) is 0 Å². The van der Waals surface area contributed by atoms with E-state index in [9.17, 15) is 23.5 Å². The van der Waals surface area contributed by atoms with Crippen molar-refractivity contribution in [2.45, 2.75) is 33.2 Å². The Morgan fingerprint density at radius 3 is 2.40 bits per heavy atom. The quantitative estimate of drug-likeness (QED) is 0.838. The maximum atomic E-state index is 13.9. The van der Waals surface area contributed by atoms with Gasteiger partial charge in [-0.15, -0.1) is 0 Å². The standard InChI is InChI=1S/C17H19F2N3O3/c1-9(2)7-13(17(24)25)20-16(23)14-10(3)8-22(21-14)15-11(18)5-4-6-12(15)19/h4-6,8-9,13H,7H2,1-3H3,(H,20,23)(H,24,25)/t13-/m1/s1. The molecule has 0 saturated carbocycles. The van der Waals surface area contributed by atoms with E-state index < -0.39 is 35.2 Å². The number of para-hydroxylation sites is 1. The molecule has 0 saturated heterocycles. The van der Waals surface area contributed by atoms with Crippen LogP contribution >= 0.6 is 0 Å². The first kappa shape index (κ1) is 18.6. The van der Waals surface area contributed by atoms with Crippen LogP contribution in [0.3, 0.4) is 0 Å². The largest absolute Gasteiger partial charge is 0.480 e. The second-order valence-corrected chi connectivity index (χ2v) is 6.17. The van der Waals surface area contributed by atoms with Gasteiger partial charge in [0.25, 0.3) is 5.91 Å². The van der Waals surface area contributed by atoms with E-state index in [1.165, 1.54) is 12.3 Å². The van der Waals surface area contributed by atoms with E-state index in [1.54, 1.807) is 6.92 Å². The van der Waals surface area contributed by atoms with Gasteiger partial charge in [0.05, 0.1) is 0 Å². The lowest BCUT2D eigenvalue weighted by atomic mass is 10.0. The molecule has 1 atom stereocenters. The lowest BCUT2D eigenvalue weighted by Gasteiger charge is -2.15. The number of carbonyl (C=O) groups excluding carboxylic acids is 1. The van der Waals surface area contributed by atoms with E-state index in [0.717, 1.165) is 16.8 Å². The van der Waals surface area contributed by atoms with Gasteiger partial charge >= 0.3 is 5.97 Å². The van der Waals surface area contributed by atoms with Crippen molar-refractivity contribution in [1.29, 1.82) is 0 Å². The molecule has 0 spiro atoms. The Kier molecular flexibility index (Phi) is 5.51. The normalized spacial score (nSPS) is 12.2. The third-order valence-corrected chi connectivity index (χ3v) is 3.59. The number of halogens is 2. The lowest BCUT2D eigenvalue weighted by Crippen LogP contribution is -2.42. The molecule has 134 valence electrons. The number of benzene rings is 1. The average Bonchev–Trinajstić information content (AvgIpc) is 2.87. The topological polar surface area (TPSA) is 84.2 Å². The van der Waals surface area contributed by atoms with Crippen LogP contribution in [0.25, 0.3) is 5.69 Å². The van der Waals surface area contributed by atoms with Gasteiger partial charge in [-0.05, 0) is 31.4 Å². The van der Waals surface area contributed by atoms with Gasteiger partial charge in [0, 0.05) is 11.8 Å². The van der Waals surface area contributed by atoms with Crippen LogP contribution in [0.15, 0.2) is 24.4 Å². The Labute approximate surface area is 143 Å². The van der Waals surface area contributed by atoms with Crippen molar-refractivity contribution in [3.8, 4) is 5.69 Å². The van der Waals surface area contributed by atoms with E-state index >= 15 is 0 Å². The summed E-state index contributed by atoms with van der Waals surface area (Å²) in [6.45, 7) is 5.22. The van der Waals surface area contributed by atoms with Gasteiger partial charge in [-0.1, -0.05) is 19.9 Å². The number of aliphatic carboxylic acids is 1. The van der Waals surface area contributed by atoms with Gasteiger partial charge in [-0.25, -0.2) is 18.3 Å². The fourth-order valence-electron chi connectivity index (χ4n) is 2.43. The van der Waals surface area contributed by atoms with Crippen LogP contribution in [0.2, 0.25) is 0 Å². The number of aryl methyl sites for hydroxylation is 1. The van der Waals surface area contributed by atoms with Crippen molar-refractivity contribution in [3.63, 3.8) is 0 Å². The summed E-state index contributed by atoms with van der Waals surface area (Å²) in [5, 5.41) is 15.5. The fourth-order valence-corrected chi connectivity index (χ4v) is 2.43. The zero-order valence-electron chi connectivity index (χ0n) is 14.1. The summed E-state index contributed by atoms with van der Waals surface area (Å²) in [5.74, 6) is -3.44. The molecule has 1 aromatic heterocycles. The molecule has 1 aromatic carbocycles. The second kappa shape index (κ2) is 7.42. The highest BCUT2D eigenvalue weighted by molar-refractivity contribution is 5.96. The average molecular weight is 351 g/mol. The molecule has 0 aliphatic carbocycles. The van der Waals surface area contributed by atoms with E-state index in [4.69, 9.17) is 0 Å². The van der Waals surface area contributed by atoms with Gasteiger partial charge in [0.1, 0.15) is 11.7 Å². The highest BCUT2D eigenvalue weighted by atomic mass is 19.1. The predicted octanol–water partition coefficient (Wildman–Crippen LogP) is 2.69. The van der Waals surface area contributed by atoms with E-state index in [0.29, 0.717) is 5.56 Å². The minimum absolute atomic E-state index is 0.0626. The Morgan fingerprint density at radius 2 is 1.88 bits per heavy atom. The van der Waals surface area contributed by atoms with E-state index in [-0.39, 0.29) is 18.0 Å². The molecule has 6 nitrogen and oxygen atoms in total. The summed E-state index contributed by atoms with van der Waals surface area (Å²) in [5.41, 5.74) is -0.117. The molecule has 2 N–H and O–H groups in total. The predicted molar refractivity (Wildman–Crippen MR) is 86.6 cm³/mol. The smallest absolute Gasteiger partial charge is 0.326 e. The highest BCUT2D eigenvalue weighted by Gasteiger charge is 2.25. The van der Waals surface area contributed by atoms with Gasteiger partial charge in [-0.3, -0.25) is 4.79 Å². The van der Waals surface area contributed by atoms with Crippen molar-refractivity contribution >= 4 is 11.9 Å². The Morgan fingerprint density at radius 1 is 1.28 bits per heavy atom. The van der Waals surface area contributed by atoms with Gasteiger partial charge in [-0.2, -0.15) is 5.10 Å². The van der Waals surface area contributed by atoms with Gasteiger partial charge in [0.15, 0.2) is 17.3 Å². The number of carbonyl (C=O) groups is 2. The van der Waals surface area contributed by atoms with E-state index in [1.807, 2.05) is 13.8 Å². The second-order valence-electron chi connectivity index (χ2n) is 6.17. The third-order valence-electron chi connectivity index (χ3n) is 3.59. The number of amides is 1. The SMILES string of the molecule is Cc1cn(-c2c(F)cccc2F)nc1C(=O)N[C@H](CC(C)C)C(=O)O. The molecule has 0 aliphatic heterocycles. The first-order chi connectivity index (χ1) is 11.7. The third kappa shape index (κ3) is 4.20.